The van der Waals surface area contributed by atoms with E-state index >= 15 is 0 Å². The molecule has 1 unspecified atom stereocenters. The number of fused-ring (bicyclic) bond motifs is 1. The Labute approximate surface area is 167 Å². The number of thioether (sulfide) groups is 1. The summed E-state index contributed by atoms with van der Waals surface area (Å²) in [5.41, 5.74) is 0.111. The second-order valence-electron chi connectivity index (χ2n) is 7.55. The maximum absolute atomic E-state index is 13.0. The van der Waals surface area contributed by atoms with Gasteiger partial charge in [0.1, 0.15) is 10.4 Å². The fraction of sp³-hybridized carbons (Fsp3) is 0.579. The SMILES string of the molecule is Cc1sc2nc(SCC(=O)NC(C)(C#N)C3CC3)n(C(C)C)c(=O)c2c1C. The molecule has 1 amide bonds. The van der Waals surface area contributed by atoms with E-state index in [2.05, 4.69) is 16.4 Å². The standard InChI is InChI=1S/C19H24N4O2S2/c1-10(2)23-17(25)15-11(3)12(4)27-16(15)21-18(23)26-8-14(24)22-19(5,9-20)13-6-7-13/h10,13H,6-8H2,1-5H3,(H,22,24). The number of aryl methyl sites for hydroxylation is 2. The van der Waals surface area contributed by atoms with Crippen LogP contribution in [0.15, 0.2) is 9.95 Å². The van der Waals surface area contributed by atoms with Crippen molar-refractivity contribution in [3.05, 3.63) is 20.8 Å². The molecule has 144 valence electrons. The number of hydrogen-bond donors (Lipinski definition) is 1. The highest BCUT2D eigenvalue weighted by atomic mass is 32.2. The van der Waals surface area contributed by atoms with Crippen LogP contribution in [0.4, 0.5) is 0 Å². The number of nitriles is 1. The molecule has 1 fully saturated rings. The van der Waals surface area contributed by atoms with Gasteiger partial charge in [0.25, 0.3) is 5.56 Å². The molecule has 0 aliphatic heterocycles. The molecule has 0 saturated heterocycles. The van der Waals surface area contributed by atoms with Crippen molar-refractivity contribution in [2.75, 3.05) is 5.75 Å². The lowest BCUT2D eigenvalue weighted by molar-refractivity contribution is -0.119. The normalized spacial score (nSPS) is 16.3. The Morgan fingerprint density at radius 1 is 1.48 bits per heavy atom. The minimum Gasteiger partial charge on any atom is -0.337 e. The van der Waals surface area contributed by atoms with Gasteiger partial charge in [-0.2, -0.15) is 5.26 Å². The summed E-state index contributed by atoms with van der Waals surface area (Å²) in [6.45, 7) is 9.59. The minimum atomic E-state index is -0.811. The van der Waals surface area contributed by atoms with Gasteiger partial charge in [0.2, 0.25) is 5.91 Å². The summed E-state index contributed by atoms with van der Waals surface area (Å²) < 4.78 is 1.66. The average Bonchev–Trinajstić information content (AvgIpc) is 3.40. The van der Waals surface area contributed by atoms with Crippen LogP contribution in [0, 0.1) is 31.1 Å². The van der Waals surface area contributed by atoms with Crippen LogP contribution in [-0.2, 0) is 4.79 Å². The second-order valence-corrected chi connectivity index (χ2v) is 9.70. The van der Waals surface area contributed by atoms with E-state index in [0.29, 0.717) is 10.5 Å². The molecule has 1 aliphatic carbocycles. The lowest BCUT2D eigenvalue weighted by Gasteiger charge is -2.23. The van der Waals surface area contributed by atoms with Crippen molar-refractivity contribution in [1.29, 1.82) is 5.26 Å². The van der Waals surface area contributed by atoms with Crippen molar-refractivity contribution in [1.82, 2.24) is 14.9 Å². The number of rotatable bonds is 6. The van der Waals surface area contributed by atoms with Crippen LogP contribution in [-0.4, -0.2) is 26.8 Å². The minimum absolute atomic E-state index is 0.0559. The van der Waals surface area contributed by atoms with Crippen molar-refractivity contribution in [2.45, 2.75) is 64.2 Å². The molecule has 0 radical (unpaired) electrons. The van der Waals surface area contributed by atoms with Crippen LogP contribution in [0.3, 0.4) is 0 Å². The number of aromatic nitrogens is 2. The maximum Gasteiger partial charge on any atom is 0.263 e. The number of amides is 1. The molecule has 1 atom stereocenters. The molecule has 8 heteroatoms. The molecule has 6 nitrogen and oxygen atoms in total. The number of carbonyl (C=O) groups excluding carboxylic acids is 1. The molecular formula is C19H24N4O2S2. The second kappa shape index (κ2) is 7.28. The van der Waals surface area contributed by atoms with E-state index in [-0.39, 0.29) is 29.2 Å². The van der Waals surface area contributed by atoms with Gasteiger partial charge in [0.15, 0.2) is 5.16 Å². The lowest BCUT2D eigenvalue weighted by atomic mass is 9.98. The number of hydrogen-bond acceptors (Lipinski definition) is 6. The van der Waals surface area contributed by atoms with Crippen LogP contribution >= 0.6 is 23.1 Å². The van der Waals surface area contributed by atoms with Crippen molar-refractivity contribution < 1.29 is 4.79 Å². The Morgan fingerprint density at radius 2 is 2.15 bits per heavy atom. The maximum atomic E-state index is 13.0. The molecular weight excluding hydrogens is 380 g/mol. The highest BCUT2D eigenvalue weighted by Gasteiger charge is 2.43. The van der Waals surface area contributed by atoms with Crippen molar-refractivity contribution in [3.63, 3.8) is 0 Å². The predicted octanol–water partition coefficient (Wildman–Crippen LogP) is 3.56. The van der Waals surface area contributed by atoms with Crippen LogP contribution in [0.2, 0.25) is 0 Å². The van der Waals surface area contributed by atoms with Gasteiger partial charge in [-0.15, -0.1) is 11.3 Å². The molecule has 2 heterocycles. The molecule has 2 aromatic heterocycles. The monoisotopic (exact) mass is 404 g/mol. The fourth-order valence-corrected chi connectivity index (χ4v) is 5.18. The van der Waals surface area contributed by atoms with E-state index in [4.69, 9.17) is 0 Å². The third kappa shape index (κ3) is 3.76. The van der Waals surface area contributed by atoms with Gasteiger partial charge in [-0.1, -0.05) is 11.8 Å². The van der Waals surface area contributed by atoms with Gasteiger partial charge in [-0.3, -0.25) is 14.2 Å². The van der Waals surface area contributed by atoms with E-state index in [1.807, 2.05) is 27.7 Å². The van der Waals surface area contributed by atoms with Crippen LogP contribution < -0.4 is 10.9 Å². The highest BCUT2D eigenvalue weighted by molar-refractivity contribution is 7.99. The number of nitrogens with one attached hydrogen (secondary N) is 1. The first-order valence-corrected chi connectivity index (χ1v) is 10.9. The van der Waals surface area contributed by atoms with Crippen molar-refractivity contribution >= 4 is 39.2 Å². The lowest BCUT2D eigenvalue weighted by Crippen LogP contribution is -2.47. The zero-order valence-electron chi connectivity index (χ0n) is 16.3. The van der Waals surface area contributed by atoms with Gasteiger partial charge in [-0.25, -0.2) is 4.98 Å². The van der Waals surface area contributed by atoms with Gasteiger partial charge in [-0.05, 0) is 58.9 Å². The third-order valence-electron chi connectivity index (χ3n) is 5.08. The molecule has 0 bridgehead atoms. The summed E-state index contributed by atoms with van der Waals surface area (Å²) in [5.74, 6) is 0.147. The summed E-state index contributed by atoms with van der Waals surface area (Å²) in [7, 11) is 0. The van der Waals surface area contributed by atoms with E-state index in [1.165, 1.54) is 23.1 Å². The molecule has 27 heavy (non-hydrogen) atoms. The Hall–Kier alpha value is -1.85. The van der Waals surface area contributed by atoms with Crippen molar-refractivity contribution in [3.8, 4) is 6.07 Å². The third-order valence-corrected chi connectivity index (χ3v) is 7.13. The molecule has 1 aliphatic rings. The number of nitrogens with zero attached hydrogens (tertiary/aromatic N) is 3. The molecule has 0 aromatic carbocycles. The average molecular weight is 405 g/mol. The largest absolute Gasteiger partial charge is 0.337 e. The zero-order chi connectivity index (χ0) is 19.9. The highest BCUT2D eigenvalue weighted by Crippen LogP contribution is 2.39. The Morgan fingerprint density at radius 3 is 2.70 bits per heavy atom. The fourth-order valence-electron chi connectivity index (χ4n) is 3.18. The smallest absolute Gasteiger partial charge is 0.263 e. The molecule has 2 aromatic rings. The number of carbonyl (C=O) groups is 1. The summed E-state index contributed by atoms with van der Waals surface area (Å²) >= 11 is 2.75. The van der Waals surface area contributed by atoms with Crippen LogP contribution in [0.1, 0.15) is 50.1 Å². The Bertz CT molecular complexity index is 998. The van der Waals surface area contributed by atoms with E-state index in [1.54, 1.807) is 11.5 Å². The Kier molecular flexibility index (Phi) is 5.37. The molecule has 1 N–H and O–H groups in total. The van der Waals surface area contributed by atoms with E-state index < -0.39 is 5.54 Å². The first-order chi connectivity index (χ1) is 12.7. The van der Waals surface area contributed by atoms with Crippen LogP contribution in [0.25, 0.3) is 10.2 Å². The topological polar surface area (TPSA) is 87.8 Å². The molecule has 0 spiro atoms. The van der Waals surface area contributed by atoms with E-state index in [0.717, 1.165) is 28.1 Å². The summed E-state index contributed by atoms with van der Waals surface area (Å²) in [6.07, 6.45) is 1.94. The molecule has 3 rings (SSSR count). The van der Waals surface area contributed by atoms with E-state index in [9.17, 15) is 14.9 Å². The van der Waals surface area contributed by atoms with Gasteiger partial charge < -0.3 is 5.32 Å². The number of thiophene rings is 1. The first kappa shape index (κ1) is 19.9. The Balaban J connectivity index is 1.86. The first-order valence-electron chi connectivity index (χ1n) is 9.05. The van der Waals surface area contributed by atoms with Crippen LogP contribution in [0.5, 0.6) is 0 Å². The summed E-state index contributed by atoms with van der Waals surface area (Å²) in [4.78, 5) is 31.9. The summed E-state index contributed by atoms with van der Waals surface area (Å²) in [5, 5.41) is 13.5. The van der Waals surface area contributed by atoms with Gasteiger partial charge in [0.05, 0.1) is 17.2 Å². The molecule has 1 saturated carbocycles. The zero-order valence-corrected chi connectivity index (χ0v) is 17.9. The van der Waals surface area contributed by atoms with Gasteiger partial charge >= 0.3 is 0 Å². The quantitative estimate of drug-likeness (QED) is 0.587. The summed E-state index contributed by atoms with van der Waals surface area (Å²) in [6, 6.07) is 2.17. The van der Waals surface area contributed by atoms with Crippen molar-refractivity contribution in [2.24, 2.45) is 5.92 Å². The van der Waals surface area contributed by atoms with Gasteiger partial charge in [0, 0.05) is 10.9 Å². The predicted molar refractivity (Wildman–Crippen MR) is 109 cm³/mol.